The van der Waals surface area contributed by atoms with Crippen LogP contribution in [0.25, 0.3) is 0 Å². The van der Waals surface area contributed by atoms with E-state index < -0.39 is 0 Å². The Morgan fingerprint density at radius 2 is 1.94 bits per heavy atom. The molecule has 0 spiro atoms. The van der Waals surface area contributed by atoms with Crippen LogP contribution in [0.3, 0.4) is 0 Å². The van der Waals surface area contributed by atoms with Crippen molar-refractivity contribution in [1.29, 1.82) is 0 Å². The molecule has 0 aliphatic carbocycles. The second-order valence-electron chi connectivity index (χ2n) is 3.03. The summed E-state index contributed by atoms with van der Waals surface area (Å²) in [6, 6.07) is 5.72. The van der Waals surface area contributed by atoms with Gasteiger partial charge in [0.25, 0.3) is 0 Å². The maximum atomic E-state index is 5.40. The molecule has 16 heavy (non-hydrogen) atoms. The molecule has 0 amide bonds. The Balaban J connectivity index is 1.99. The van der Waals surface area contributed by atoms with Crippen molar-refractivity contribution in [2.24, 2.45) is 0 Å². The summed E-state index contributed by atoms with van der Waals surface area (Å²) in [7, 11) is 1.55. The first-order valence-electron chi connectivity index (χ1n) is 4.77. The molecule has 0 saturated heterocycles. The molecule has 2 rings (SSSR count). The van der Waals surface area contributed by atoms with E-state index in [0.717, 1.165) is 5.56 Å². The Kier molecular flexibility index (Phi) is 3.28. The van der Waals surface area contributed by atoms with Gasteiger partial charge in [0.1, 0.15) is 6.61 Å². The third-order valence-corrected chi connectivity index (χ3v) is 1.93. The Bertz CT molecular complexity index is 448. The maximum absolute atomic E-state index is 5.40. The third-order valence-electron chi connectivity index (χ3n) is 1.93. The van der Waals surface area contributed by atoms with Crippen LogP contribution >= 0.6 is 0 Å². The van der Waals surface area contributed by atoms with Crippen molar-refractivity contribution in [2.75, 3.05) is 7.11 Å². The molecule has 0 aromatic carbocycles. The SMILES string of the molecule is COc1ccnc(OCc2ccncc2)n1. The molecule has 0 atom stereocenters. The summed E-state index contributed by atoms with van der Waals surface area (Å²) in [5.74, 6) is 0.486. The van der Waals surface area contributed by atoms with Gasteiger partial charge in [-0.25, -0.2) is 4.98 Å². The van der Waals surface area contributed by atoms with Crippen molar-refractivity contribution in [1.82, 2.24) is 15.0 Å². The summed E-state index contributed by atoms with van der Waals surface area (Å²) in [4.78, 5) is 11.9. The summed E-state index contributed by atoms with van der Waals surface area (Å²) in [6.45, 7) is 0.412. The highest BCUT2D eigenvalue weighted by Gasteiger charge is 2.00. The minimum atomic E-state index is 0.302. The van der Waals surface area contributed by atoms with E-state index in [9.17, 15) is 0 Å². The van der Waals surface area contributed by atoms with Crippen LogP contribution in [0.2, 0.25) is 0 Å². The second kappa shape index (κ2) is 5.06. The van der Waals surface area contributed by atoms with Crippen LogP contribution in [-0.2, 0) is 6.61 Å². The summed E-state index contributed by atoms with van der Waals surface area (Å²) in [5, 5.41) is 0. The first-order chi connectivity index (χ1) is 7.88. The Labute approximate surface area is 93.1 Å². The number of rotatable bonds is 4. The molecule has 0 aliphatic rings. The highest BCUT2D eigenvalue weighted by molar-refractivity contribution is 5.12. The minimum Gasteiger partial charge on any atom is -0.481 e. The van der Waals surface area contributed by atoms with Crippen LogP contribution in [-0.4, -0.2) is 22.1 Å². The van der Waals surface area contributed by atoms with Gasteiger partial charge in [0.05, 0.1) is 7.11 Å². The second-order valence-corrected chi connectivity index (χ2v) is 3.03. The highest BCUT2D eigenvalue weighted by Crippen LogP contribution is 2.10. The molecule has 0 N–H and O–H groups in total. The number of nitrogens with zero attached hydrogens (tertiary/aromatic N) is 3. The van der Waals surface area contributed by atoms with Gasteiger partial charge in [0.2, 0.25) is 5.88 Å². The molecule has 0 unspecified atom stereocenters. The van der Waals surface area contributed by atoms with Gasteiger partial charge in [-0.05, 0) is 17.7 Å². The molecular formula is C11H11N3O2. The van der Waals surface area contributed by atoms with Gasteiger partial charge >= 0.3 is 6.01 Å². The highest BCUT2D eigenvalue weighted by atomic mass is 16.5. The Hall–Kier alpha value is -2.17. The summed E-state index contributed by atoms with van der Waals surface area (Å²) < 4.78 is 10.4. The monoisotopic (exact) mass is 217 g/mol. The van der Waals surface area contributed by atoms with Crippen molar-refractivity contribution in [2.45, 2.75) is 6.61 Å². The number of hydrogen-bond donors (Lipinski definition) is 0. The lowest BCUT2D eigenvalue weighted by Crippen LogP contribution is -2.00. The molecule has 2 aromatic rings. The van der Waals surface area contributed by atoms with Gasteiger partial charge in [0, 0.05) is 24.7 Å². The van der Waals surface area contributed by atoms with Crippen LogP contribution in [0.15, 0.2) is 36.8 Å². The van der Waals surface area contributed by atoms with Crippen LogP contribution in [0, 0.1) is 0 Å². The Morgan fingerprint density at radius 3 is 2.69 bits per heavy atom. The first kappa shape index (κ1) is 10.4. The van der Waals surface area contributed by atoms with Gasteiger partial charge in [0.15, 0.2) is 0 Å². The molecule has 5 nitrogen and oxygen atoms in total. The molecule has 0 aliphatic heterocycles. The molecule has 5 heteroatoms. The van der Waals surface area contributed by atoms with E-state index in [2.05, 4.69) is 15.0 Å². The van der Waals surface area contributed by atoms with Gasteiger partial charge in [-0.2, -0.15) is 4.98 Å². The number of hydrogen-bond acceptors (Lipinski definition) is 5. The van der Waals surface area contributed by atoms with Crippen molar-refractivity contribution in [3.05, 3.63) is 42.4 Å². The van der Waals surface area contributed by atoms with Crippen LogP contribution in [0.5, 0.6) is 11.9 Å². The molecular weight excluding hydrogens is 206 g/mol. The van der Waals surface area contributed by atoms with E-state index in [-0.39, 0.29) is 0 Å². The fraction of sp³-hybridized carbons (Fsp3) is 0.182. The predicted molar refractivity (Wildman–Crippen MR) is 57.2 cm³/mol. The standard InChI is InChI=1S/C11H11N3O2/c1-15-10-4-7-13-11(14-10)16-8-9-2-5-12-6-3-9/h2-7H,8H2,1H3. The van der Waals surface area contributed by atoms with Gasteiger partial charge in [-0.3, -0.25) is 4.98 Å². The van der Waals surface area contributed by atoms with Crippen LogP contribution in [0.1, 0.15) is 5.56 Å². The number of ether oxygens (including phenoxy) is 2. The van der Waals surface area contributed by atoms with Crippen molar-refractivity contribution in [3.63, 3.8) is 0 Å². The molecule has 2 heterocycles. The topological polar surface area (TPSA) is 57.1 Å². The molecule has 2 aromatic heterocycles. The number of pyridine rings is 1. The van der Waals surface area contributed by atoms with E-state index >= 15 is 0 Å². The molecule has 0 fully saturated rings. The minimum absolute atomic E-state index is 0.302. The number of methoxy groups -OCH3 is 1. The lowest BCUT2D eigenvalue weighted by atomic mass is 10.3. The Morgan fingerprint density at radius 1 is 1.12 bits per heavy atom. The first-order valence-corrected chi connectivity index (χ1v) is 4.77. The number of aromatic nitrogens is 3. The van der Waals surface area contributed by atoms with E-state index in [0.29, 0.717) is 18.5 Å². The zero-order valence-electron chi connectivity index (χ0n) is 8.83. The van der Waals surface area contributed by atoms with Crippen LogP contribution in [0.4, 0.5) is 0 Å². The average molecular weight is 217 g/mol. The van der Waals surface area contributed by atoms with Crippen molar-refractivity contribution in [3.8, 4) is 11.9 Å². The molecule has 0 radical (unpaired) electrons. The maximum Gasteiger partial charge on any atom is 0.320 e. The lowest BCUT2D eigenvalue weighted by Gasteiger charge is -2.04. The van der Waals surface area contributed by atoms with Gasteiger partial charge in [-0.15, -0.1) is 0 Å². The quantitative estimate of drug-likeness (QED) is 0.776. The fourth-order valence-electron chi connectivity index (χ4n) is 1.14. The normalized spacial score (nSPS) is 9.81. The van der Waals surface area contributed by atoms with E-state index in [4.69, 9.17) is 9.47 Å². The van der Waals surface area contributed by atoms with Gasteiger partial charge in [-0.1, -0.05) is 0 Å². The summed E-state index contributed by atoms with van der Waals surface area (Å²) >= 11 is 0. The van der Waals surface area contributed by atoms with E-state index in [1.807, 2.05) is 12.1 Å². The lowest BCUT2D eigenvalue weighted by molar-refractivity contribution is 0.273. The fourth-order valence-corrected chi connectivity index (χ4v) is 1.14. The zero-order chi connectivity index (χ0) is 11.2. The van der Waals surface area contributed by atoms with Crippen LogP contribution < -0.4 is 9.47 Å². The summed E-state index contributed by atoms with van der Waals surface area (Å²) in [5.41, 5.74) is 1.02. The van der Waals surface area contributed by atoms with Crippen molar-refractivity contribution < 1.29 is 9.47 Å². The molecule has 0 bridgehead atoms. The predicted octanol–water partition coefficient (Wildman–Crippen LogP) is 1.46. The van der Waals surface area contributed by atoms with E-state index in [1.165, 1.54) is 0 Å². The molecule has 82 valence electrons. The smallest absolute Gasteiger partial charge is 0.320 e. The van der Waals surface area contributed by atoms with E-state index in [1.54, 1.807) is 31.8 Å². The van der Waals surface area contributed by atoms with Crippen molar-refractivity contribution >= 4 is 0 Å². The summed E-state index contributed by atoms with van der Waals surface area (Å²) in [6.07, 6.45) is 5.02. The van der Waals surface area contributed by atoms with Gasteiger partial charge < -0.3 is 9.47 Å². The third kappa shape index (κ3) is 2.66. The average Bonchev–Trinajstić information content (AvgIpc) is 2.38. The molecule has 0 saturated carbocycles. The largest absolute Gasteiger partial charge is 0.481 e. The zero-order valence-corrected chi connectivity index (χ0v) is 8.83.